The number of fused-ring (bicyclic) bond motifs is 1. The zero-order valence-electron chi connectivity index (χ0n) is 17.6. The number of hydrogen-bond acceptors (Lipinski definition) is 1. The van der Waals surface area contributed by atoms with Crippen LogP contribution in [0.4, 0.5) is 0 Å². The van der Waals surface area contributed by atoms with Crippen molar-refractivity contribution in [2.24, 2.45) is 53.3 Å². The zero-order chi connectivity index (χ0) is 18.4. The van der Waals surface area contributed by atoms with Gasteiger partial charge in [0.1, 0.15) is 0 Å². The van der Waals surface area contributed by atoms with Gasteiger partial charge in [0.2, 0.25) is 0 Å². The summed E-state index contributed by atoms with van der Waals surface area (Å²) < 4.78 is 2.53. The Bertz CT molecular complexity index is 567. The summed E-state index contributed by atoms with van der Waals surface area (Å²) in [4.78, 5) is 4.45. The standard InChI is InChI=1S/C24H40N2/c1-15(2)17(5)22-20-10-11-21(20)23(22)24(26-13-12-25-14-26)19-8-6-18(7-9-19)16(3)4/h12-24H,6-11H2,1-5H3/t17-,18-,19+,20?,21?,22?,23?,24?/m0/s1. The first-order valence-corrected chi connectivity index (χ1v) is 11.5. The van der Waals surface area contributed by atoms with Crippen LogP contribution in [0.5, 0.6) is 0 Å². The minimum absolute atomic E-state index is 0.707. The summed E-state index contributed by atoms with van der Waals surface area (Å²) in [6.45, 7) is 12.3. The second kappa shape index (κ2) is 7.32. The molecule has 0 aromatic carbocycles. The molecular formula is C24H40N2. The monoisotopic (exact) mass is 356 g/mol. The van der Waals surface area contributed by atoms with Crippen LogP contribution in [0.1, 0.15) is 79.2 Å². The van der Waals surface area contributed by atoms with E-state index >= 15 is 0 Å². The average Bonchev–Trinajstić information content (AvgIpc) is 3.12. The van der Waals surface area contributed by atoms with Crippen molar-refractivity contribution < 1.29 is 0 Å². The van der Waals surface area contributed by atoms with Gasteiger partial charge < -0.3 is 4.57 Å². The molecule has 3 aliphatic carbocycles. The van der Waals surface area contributed by atoms with Crippen molar-refractivity contribution in [1.29, 1.82) is 0 Å². The molecule has 2 heteroatoms. The van der Waals surface area contributed by atoms with Crippen molar-refractivity contribution in [2.75, 3.05) is 0 Å². The molecule has 3 saturated carbocycles. The van der Waals surface area contributed by atoms with E-state index in [4.69, 9.17) is 0 Å². The molecule has 0 spiro atoms. The summed E-state index contributed by atoms with van der Waals surface area (Å²) in [5.41, 5.74) is 0. The maximum absolute atomic E-state index is 4.45. The molecule has 5 unspecified atom stereocenters. The second-order valence-electron chi connectivity index (χ2n) is 10.6. The zero-order valence-corrected chi connectivity index (χ0v) is 17.6. The van der Waals surface area contributed by atoms with Gasteiger partial charge in [-0.2, -0.15) is 0 Å². The molecular weight excluding hydrogens is 316 g/mol. The molecule has 1 aromatic rings. The highest BCUT2D eigenvalue weighted by Crippen LogP contribution is 2.66. The number of aromatic nitrogens is 2. The van der Waals surface area contributed by atoms with E-state index < -0.39 is 0 Å². The van der Waals surface area contributed by atoms with Crippen LogP contribution in [0.2, 0.25) is 0 Å². The summed E-state index contributed by atoms with van der Waals surface area (Å²) in [5, 5.41) is 0. The van der Waals surface area contributed by atoms with Gasteiger partial charge in [0.15, 0.2) is 0 Å². The lowest BCUT2D eigenvalue weighted by Gasteiger charge is -2.65. The highest BCUT2D eigenvalue weighted by atomic mass is 15.1. The molecule has 6 atom stereocenters. The summed E-state index contributed by atoms with van der Waals surface area (Å²) >= 11 is 0. The third-order valence-corrected chi connectivity index (χ3v) is 8.98. The fourth-order valence-corrected chi connectivity index (χ4v) is 6.95. The molecule has 3 fully saturated rings. The predicted molar refractivity (Wildman–Crippen MR) is 109 cm³/mol. The van der Waals surface area contributed by atoms with Crippen LogP contribution >= 0.6 is 0 Å². The van der Waals surface area contributed by atoms with Crippen LogP contribution < -0.4 is 0 Å². The normalized spacial score (nSPS) is 39.2. The quantitative estimate of drug-likeness (QED) is 0.572. The number of rotatable bonds is 6. The van der Waals surface area contributed by atoms with Gasteiger partial charge in [0.05, 0.1) is 6.33 Å². The Morgan fingerprint density at radius 1 is 0.808 bits per heavy atom. The fraction of sp³-hybridized carbons (Fsp3) is 0.875. The SMILES string of the molecule is CC(C)[C@H](C)C1C2CCC2C1C([C@H]1CC[C@@H](C(C)C)CC1)n1ccnc1. The van der Waals surface area contributed by atoms with Gasteiger partial charge in [0.25, 0.3) is 0 Å². The van der Waals surface area contributed by atoms with Crippen molar-refractivity contribution in [3.05, 3.63) is 18.7 Å². The average molecular weight is 357 g/mol. The lowest BCUT2D eigenvalue weighted by molar-refractivity contribution is -0.166. The topological polar surface area (TPSA) is 17.8 Å². The minimum atomic E-state index is 0.707. The first kappa shape index (κ1) is 18.6. The summed E-state index contributed by atoms with van der Waals surface area (Å²) in [7, 11) is 0. The summed E-state index contributed by atoms with van der Waals surface area (Å²) in [5.74, 6) is 8.25. The molecule has 0 radical (unpaired) electrons. The van der Waals surface area contributed by atoms with Crippen molar-refractivity contribution in [2.45, 2.75) is 79.2 Å². The number of hydrogen-bond donors (Lipinski definition) is 0. The molecule has 2 nitrogen and oxygen atoms in total. The van der Waals surface area contributed by atoms with E-state index in [1.54, 1.807) is 0 Å². The van der Waals surface area contributed by atoms with E-state index in [2.05, 4.69) is 56.7 Å². The molecule has 146 valence electrons. The number of imidazole rings is 1. The van der Waals surface area contributed by atoms with E-state index in [0.717, 1.165) is 53.3 Å². The highest BCUT2D eigenvalue weighted by Gasteiger charge is 2.60. The summed E-state index contributed by atoms with van der Waals surface area (Å²) in [6, 6.07) is 0.707. The van der Waals surface area contributed by atoms with Crippen LogP contribution in [0.25, 0.3) is 0 Å². The van der Waals surface area contributed by atoms with Crippen molar-refractivity contribution in [3.8, 4) is 0 Å². The number of nitrogens with zero attached hydrogens (tertiary/aromatic N) is 2. The smallest absolute Gasteiger partial charge is 0.0948 e. The van der Waals surface area contributed by atoms with Crippen molar-refractivity contribution in [1.82, 2.24) is 9.55 Å². The van der Waals surface area contributed by atoms with Gasteiger partial charge in [-0.1, -0.05) is 34.6 Å². The lowest BCUT2D eigenvalue weighted by atomic mass is 9.41. The molecule has 0 amide bonds. The Hall–Kier alpha value is -0.790. The maximum Gasteiger partial charge on any atom is 0.0948 e. The predicted octanol–water partition coefficient (Wildman–Crippen LogP) is 6.45. The van der Waals surface area contributed by atoms with Crippen LogP contribution in [-0.4, -0.2) is 9.55 Å². The van der Waals surface area contributed by atoms with Gasteiger partial charge in [-0.15, -0.1) is 0 Å². The Labute approximate surface area is 161 Å². The molecule has 0 bridgehead atoms. The van der Waals surface area contributed by atoms with E-state index in [-0.39, 0.29) is 0 Å². The third kappa shape index (κ3) is 3.06. The van der Waals surface area contributed by atoms with E-state index in [1.807, 2.05) is 6.20 Å². The van der Waals surface area contributed by atoms with E-state index in [1.165, 1.54) is 38.5 Å². The summed E-state index contributed by atoms with van der Waals surface area (Å²) in [6.07, 6.45) is 15.1. The fourth-order valence-electron chi connectivity index (χ4n) is 6.95. The first-order valence-electron chi connectivity index (χ1n) is 11.5. The Kier molecular flexibility index (Phi) is 5.23. The van der Waals surface area contributed by atoms with Gasteiger partial charge in [0, 0.05) is 18.4 Å². The minimum Gasteiger partial charge on any atom is -0.334 e. The lowest BCUT2D eigenvalue weighted by Crippen LogP contribution is -2.59. The van der Waals surface area contributed by atoms with E-state index in [0.29, 0.717) is 6.04 Å². The molecule has 0 N–H and O–H groups in total. The molecule has 0 aliphatic heterocycles. The molecule has 26 heavy (non-hydrogen) atoms. The highest BCUT2D eigenvalue weighted by molar-refractivity contribution is 5.09. The van der Waals surface area contributed by atoms with Crippen LogP contribution in [0.3, 0.4) is 0 Å². The Balaban J connectivity index is 1.56. The second-order valence-corrected chi connectivity index (χ2v) is 10.6. The molecule has 1 aromatic heterocycles. The molecule has 0 saturated heterocycles. The van der Waals surface area contributed by atoms with Gasteiger partial charge in [-0.25, -0.2) is 4.98 Å². The molecule has 3 aliphatic rings. The van der Waals surface area contributed by atoms with E-state index in [9.17, 15) is 0 Å². The molecule has 4 rings (SSSR count). The van der Waals surface area contributed by atoms with Gasteiger partial charge in [-0.05, 0) is 91.8 Å². The first-order chi connectivity index (χ1) is 12.5. The van der Waals surface area contributed by atoms with Crippen LogP contribution in [0, 0.1) is 53.3 Å². The van der Waals surface area contributed by atoms with Gasteiger partial charge in [-0.3, -0.25) is 0 Å². The maximum atomic E-state index is 4.45. The van der Waals surface area contributed by atoms with Gasteiger partial charge >= 0.3 is 0 Å². The van der Waals surface area contributed by atoms with Crippen molar-refractivity contribution >= 4 is 0 Å². The Morgan fingerprint density at radius 3 is 1.92 bits per heavy atom. The van der Waals surface area contributed by atoms with Crippen molar-refractivity contribution in [3.63, 3.8) is 0 Å². The molecule has 1 heterocycles. The van der Waals surface area contributed by atoms with Crippen LogP contribution in [0.15, 0.2) is 18.7 Å². The largest absolute Gasteiger partial charge is 0.334 e. The third-order valence-electron chi connectivity index (χ3n) is 8.98. The Morgan fingerprint density at radius 2 is 1.42 bits per heavy atom. The van der Waals surface area contributed by atoms with Crippen LogP contribution in [-0.2, 0) is 0 Å².